The summed E-state index contributed by atoms with van der Waals surface area (Å²) in [5.74, 6) is -0.621. The van der Waals surface area contributed by atoms with Crippen molar-refractivity contribution < 1.29 is 18.7 Å². The second-order valence-corrected chi connectivity index (χ2v) is 8.90. The summed E-state index contributed by atoms with van der Waals surface area (Å²) in [6, 6.07) is 3.83. The maximum absolute atomic E-state index is 14.0. The largest absolute Gasteiger partial charge is 0.490 e. The van der Waals surface area contributed by atoms with E-state index < -0.39 is 5.82 Å². The van der Waals surface area contributed by atoms with E-state index in [0.717, 1.165) is 23.4 Å². The molecular weight excluding hydrogens is 449 g/mol. The van der Waals surface area contributed by atoms with Crippen LogP contribution in [0, 0.1) is 19.7 Å². The molecule has 2 aliphatic heterocycles. The molecule has 0 N–H and O–H groups in total. The third-order valence-electron chi connectivity index (χ3n) is 6.40. The van der Waals surface area contributed by atoms with E-state index in [1.807, 2.05) is 13.8 Å². The number of aryl methyl sites for hydroxylation is 2. The van der Waals surface area contributed by atoms with Gasteiger partial charge in [0.15, 0.2) is 5.65 Å². The number of benzene rings is 1. The van der Waals surface area contributed by atoms with Gasteiger partial charge in [0.05, 0.1) is 46.8 Å². The highest BCUT2D eigenvalue weighted by molar-refractivity contribution is 6.31. The molecule has 1 atom stereocenters. The molecule has 5 rings (SSSR count). The fourth-order valence-electron chi connectivity index (χ4n) is 4.43. The van der Waals surface area contributed by atoms with Gasteiger partial charge >= 0.3 is 0 Å². The zero-order valence-electron chi connectivity index (χ0n) is 18.6. The Bertz CT molecular complexity index is 1310. The molecule has 0 aliphatic carbocycles. The van der Waals surface area contributed by atoms with Crippen LogP contribution in [0.2, 0.25) is 5.02 Å². The number of nitrogens with zero attached hydrogens (tertiary/aromatic N) is 5. The summed E-state index contributed by atoms with van der Waals surface area (Å²) in [6.45, 7) is 6.77. The summed E-state index contributed by atoms with van der Waals surface area (Å²) >= 11 is 6.31. The SMILES string of the molecule is CC(=O)N1CC[C@@H]1COc1cc(F)ccc1C(=O)N1Cc2nn3c(C)c(Cl)c(C)nc3c2C1. The number of carbonyl (C=O) groups excluding carboxylic acids is 2. The summed E-state index contributed by atoms with van der Waals surface area (Å²) in [6.07, 6.45) is 0.815. The van der Waals surface area contributed by atoms with Crippen molar-refractivity contribution in [1.82, 2.24) is 24.4 Å². The highest BCUT2D eigenvalue weighted by Gasteiger charge is 2.33. The molecular formula is C23H23ClFN5O3. The van der Waals surface area contributed by atoms with Crippen molar-refractivity contribution in [1.29, 1.82) is 0 Å². The minimum Gasteiger partial charge on any atom is -0.490 e. The minimum absolute atomic E-state index is 0.0229. The van der Waals surface area contributed by atoms with Crippen molar-refractivity contribution in [2.75, 3.05) is 13.2 Å². The molecule has 0 saturated carbocycles. The Kier molecular flexibility index (Phi) is 5.23. The van der Waals surface area contributed by atoms with Gasteiger partial charge < -0.3 is 14.5 Å². The molecule has 3 aromatic rings. The molecule has 0 radical (unpaired) electrons. The number of hydrogen-bond acceptors (Lipinski definition) is 5. The zero-order valence-corrected chi connectivity index (χ0v) is 19.3. The number of fused-ring (bicyclic) bond motifs is 3. The van der Waals surface area contributed by atoms with Gasteiger partial charge in [-0.05, 0) is 32.4 Å². The van der Waals surface area contributed by atoms with Crippen LogP contribution in [0.4, 0.5) is 4.39 Å². The summed E-state index contributed by atoms with van der Waals surface area (Å²) in [5, 5.41) is 5.18. The van der Waals surface area contributed by atoms with Gasteiger partial charge in [-0.2, -0.15) is 5.10 Å². The second kappa shape index (κ2) is 7.98. The number of likely N-dealkylation sites (tertiary alicyclic amines) is 1. The van der Waals surface area contributed by atoms with E-state index in [-0.39, 0.29) is 35.8 Å². The van der Waals surface area contributed by atoms with Crippen molar-refractivity contribution in [3.63, 3.8) is 0 Å². The normalized spacial score (nSPS) is 17.3. The van der Waals surface area contributed by atoms with E-state index in [4.69, 9.17) is 16.3 Å². The average Bonchev–Trinajstić information content (AvgIpc) is 3.30. The lowest BCUT2D eigenvalue weighted by Crippen LogP contribution is -2.53. The van der Waals surface area contributed by atoms with Crippen LogP contribution in [0.15, 0.2) is 18.2 Å². The van der Waals surface area contributed by atoms with E-state index in [2.05, 4.69) is 10.1 Å². The molecule has 10 heteroatoms. The van der Waals surface area contributed by atoms with Gasteiger partial charge in [-0.1, -0.05) is 11.6 Å². The third kappa shape index (κ3) is 3.60. The molecule has 8 nitrogen and oxygen atoms in total. The van der Waals surface area contributed by atoms with Crippen LogP contribution in [-0.2, 0) is 17.9 Å². The van der Waals surface area contributed by atoms with Gasteiger partial charge in [0, 0.05) is 25.1 Å². The standard InChI is InChI=1S/C23H23ClFN5O3/c1-12-21(24)13(2)30-22(26-12)18-9-28(10-19(18)27-30)23(32)17-5-4-15(25)8-20(17)33-11-16-6-7-29(16)14(3)31/h4-5,8,16H,6-7,9-11H2,1-3H3/t16-/m1/s1. The first-order valence-corrected chi connectivity index (χ1v) is 11.1. The Morgan fingerprint density at radius 1 is 1.27 bits per heavy atom. The first kappa shape index (κ1) is 21.6. The van der Waals surface area contributed by atoms with Crippen LogP contribution in [0.5, 0.6) is 5.75 Å². The fourth-order valence-corrected chi connectivity index (χ4v) is 4.56. The molecule has 1 saturated heterocycles. The van der Waals surface area contributed by atoms with Gasteiger partial charge in [-0.15, -0.1) is 0 Å². The molecule has 0 bridgehead atoms. The molecule has 172 valence electrons. The molecule has 1 fully saturated rings. The van der Waals surface area contributed by atoms with Gasteiger partial charge in [0.2, 0.25) is 5.91 Å². The molecule has 0 spiro atoms. The van der Waals surface area contributed by atoms with E-state index in [9.17, 15) is 14.0 Å². The topological polar surface area (TPSA) is 80.0 Å². The Morgan fingerprint density at radius 3 is 2.76 bits per heavy atom. The maximum Gasteiger partial charge on any atom is 0.258 e. The lowest BCUT2D eigenvalue weighted by Gasteiger charge is -2.40. The first-order chi connectivity index (χ1) is 15.7. The minimum atomic E-state index is -0.493. The smallest absolute Gasteiger partial charge is 0.258 e. The molecule has 2 aliphatic rings. The quantitative estimate of drug-likeness (QED) is 0.583. The Morgan fingerprint density at radius 2 is 2.06 bits per heavy atom. The molecule has 1 aromatic carbocycles. The summed E-state index contributed by atoms with van der Waals surface area (Å²) in [4.78, 5) is 32.9. The van der Waals surface area contributed by atoms with Gasteiger partial charge in [-0.3, -0.25) is 9.59 Å². The number of amides is 2. The number of rotatable bonds is 4. The second-order valence-electron chi connectivity index (χ2n) is 8.52. The lowest BCUT2D eigenvalue weighted by molar-refractivity contribution is -0.137. The van der Waals surface area contributed by atoms with E-state index >= 15 is 0 Å². The highest BCUT2D eigenvalue weighted by Crippen LogP contribution is 2.32. The van der Waals surface area contributed by atoms with Gasteiger partial charge in [-0.25, -0.2) is 13.9 Å². The van der Waals surface area contributed by atoms with E-state index in [0.29, 0.717) is 36.0 Å². The zero-order chi connectivity index (χ0) is 23.4. The first-order valence-electron chi connectivity index (χ1n) is 10.8. The lowest BCUT2D eigenvalue weighted by atomic mass is 10.0. The van der Waals surface area contributed by atoms with Crippen LogP contribution in [-0.4, -0.2) is 55.4 Å². The number of halogens is 2. The predicted molar refractivity (Wildman–Crippen MR) is 119 cm³/mol. The Balaban J connectivity index is 1.38. The van der Waals surface area contributed by atoms with Crippen molar-refractivity contribution in [3.8, 4) is 5.75 Å². The summed E-state index contributed by atoms with van der Waals surface area (Å²) in [5.41, 5.74) is 4.11. The summed E-state index contributed by atoms with van der Waals surface area (Å²) in [7, 11) is 0. The van der Waals surface area contributed by atoms with E-state index in [1.54, 1.807) is 14.3 Å². The van der Waals surface area contributed by atoms with Gasteiger partial charge in [0.1, 0.15) is 18.2 Å². The van der Waals surface area contributed by atoms with Crippen LogP contribution in [0.3, 0.4) is 0 Å². The monoisotopic (exact) mass is 471 g/mol. The number of aromatic nitrogens is 3. The predicted octanol–water partition coefficient (Wildman–Crippen LogP) is 3.29. The molecule has 0 unspecified atom stereocenters. The number of hydrogen-bond donors (Lipinski definition) is 0. The third-order valence-corrected chi connectivity index (χ3v) is 6.94. The summed E-state index contributed by atoms with van der Waals surface area (Å²) < 4.78 is 21.5. The van der Waals surface area contributed by atoms with Crippen LogP contribution < -0.4 is 4.74 Å². The number of carbonyl (C=O) groups is 2. The van der Waals surface area contributed by atoms with Crippen LogP contribution >= 0.6 is 11.6 Å². The van der Waals surface area contributed by atoms with Crippen LogP contribution in [0.25, 0.3) is 5.65 Å². The van der Waals surface area contributed by atoms with Crippen LogP contribution in [0.1, 0.15) is 46.3 Å². The van der Waals surface area contributed by atoms with E-state index in [1.165, 1.54) is 25.1 Å². The highest BCUT2D eigenvalue weighted by atomic mass is 35.5. The average molecular weight is 472 g/mol. The Hall–Kier alpha value is -3.20. The molecule has 2 aromatic heterocycles. The molecule has 2 amide bonds. The molecule has 4 heterocycles. The van der Waals surface area contributed by atoms with Crippen molar-refractivity contribution in [2.45, 2.75) is 46.3 Å². The van der Waals surface area contributed by atoms with Gasteiger partial charge in [0.25, 0.3) is 5.91 Å². The number of ether oxygens (including phenoxy) is 1. The van der Waals surface area contributed by atoms with Crippen molar-refractivity contribution >= 4 is 29.1 Å². The maximum atomic E-state index is 14.0. The Labute approximate surface area is 194 Å². The fraction of sp³-hybridized carbons (Fsp3) is 0.391. The van der Waals surface area contributed by atoms with Crippen molar-refractivity contribution in [2.24, 2.45) is 0 Å². The van der Waals surface area contributed by atoms with Crippen molar-refractivity contribution in [3.05, 3.63) is 57.2 Å². The molecule has 33 heavy (non-hydrogen) atoms.